The fourth-order valence-corrected chi connectivity index (χ4v) is 3.62. The third kappa shape index (κ3) is 3.41. The Bertz CT molecular complexity index is 948. The quantitative estimate of drug-likeness (QED) is 0.662. The van der Waals surface area contributed by atoms with Crippen LogP contribution in [0.1, 0.15) is 11.3 Å². The molecule has 1 aromatic carbocycles. The Morgan fingerprint density at radius 3 is 2.38 bits per heavy atom. The van der Waals surface area contributed by atoms with E-state index in [1.165, 1.54) is 29.5 Å². The molecule has 0 aliphatic carbocycles. The average molecular weight is 416 g/mol. The Labute approximate surface area is 146 Å². The molecular weight excluding hydrogens is 407 g/mol. The van der Waals surface area contributed by atoms with Crippen molar-refractivity contribution in [2.45, 2.75) is 13.1 Å². The highest BCUT2D eigenvalue weighted by atomic mass is 79.9. The maximum Gasteiger partial charge on any atom is 0.416 e. The molecule has 124 valence electrons. The van der Waals surface area contributed by atoms with Gasteiger partial charge in [-0.15, -0.1) is 11.3 Å². The first-order chi connectivity index (χ1) is 11.2. The molecule has 0 saturated carbocycles. The minimum absolute atomic E-state index is 0.298. The van der Waals surface area contributed by atoms with Gasteiger partial charge in [0.15, 0.2) is 9.74 Å². The molecule has 0 saturated heterocycles. The van der Waals surface area contributed by atoms with Crippen LogP contribution < -0.4 is 5.56 Å². The number of aromatic amines is 1. The molecule has 0 amide bonds. The Balaban J connectivity index is 2.06. The number of benzene rings is 1. The molecule has 0 aliphatic heterocycles. The van der Waals surface area contributed by atoms with E-state index in [1.54, 1.807) is 6.92 Å². The molecule has 0 fully saturated rings. The monoisotopic (exact) mass is 415 g/mol. The molecule has 0 radical (unpaired) electrons. The first-order valence-electron chi connectivity index (χ1n) is 6.66. The first-order valence-corrected chi connectivity index (χ1v) is 8.27. The highest BCUT2D eigenvalue weighted by Gasteiger charge is 2.30. The number of alkyl halides is 3. The summed E-state index contributed by atoms with van der Waals surface area (Å²) in [6, 6.07) is 5.77. The van der Waals surface area contributed by atoms with Gasteiger partial charge in [0, 0.05) is 11.6 Å². The number of rotatable bonds is 2. The molecule has 0 bridgehead atoms. The molecule has 4 nitrogen and oxygen atoms in total. The van der Waals surface area contributed by atoms with E-state index < -0.39 is 11.7 Å². The van der Waals surface area contributed by atoms with Crippen LogP contribution in [0.5, 0.6) is 0 Å². The maximum atomic E-state index is 12.6. The van der Waals surface area contributed by atoms with Gasteiger partial charge in [-0.1, -0.05) is 12.1 Å². The summed E-state index contributed by atoms with van der Waals surface area (Å²) in [6.07, 6.45) is -4.41. The molecule has 1 N–H and O–H groups in total. The lowest BCUT2D eigenvalue weighted by atomic mass is 10.1. The van der Waals surface area contributed by atoms with Crippen LogP contribution in [0, 0.1) is 6.92 Å². The number of aryl methyl sites for hydroxylation is 1. The lowest BCUT2D eigenvalue weighted by Gasteiger charge is -2.08. The smallest absolute Gasteiger partial charge is 0.306 e. The van der Waals surface area contributed by atoms with Crippen molar-refractivity contribution < 1.29 is 13.2 Å². The van der Waals surface area contributed by atoms with Crippen molar-refractivity contribution in [1.29, 1.82) is 0 Å². The zero-order chi connectivity index (χ0) is 17.5. The van der Waals surface area contributed by atoms with E-state index in [2.05, 4.69) is 30.9 Å². The summed E-state index contributed by atoms with van der Waals surface area (Å²) in [5, 5.41) is 0. The van der Waals surface area contributed by atoms with Crippen molar-refractivity contribution in [1.82, 2.24) is 15.0 Å². The Hall–Kier alpha value is -2.00. The number of H-pyrrole nitrogens is 1. The second kappa shape index (κ2) is 6.14. The van der Waals surface area contributed by atoms with Crippen molar-refractivity contribution in [2.24, 2.45) is 0 Å². The van der Waals surface area contributed by atoms with Crippen LogP contribution in [0.15, 0.2) is 39.0 Å². The molecule has 2 aromatic heterocycles. The van der Waals surface area contributed by atoms with Crippen molar-refractivity contribution in [3.8, 4) is 22.0 Å². The SMILES string of the molecule is Cc1nc(Br)sc1-c1nc(-c2ccc(C(F)(F)F)cc2)cc(=O)[nH]1. The van der Waals surface area contributed by atoms with E-state index in [9.17, 15) is 18.0 Å². The summed E-state index contributed by atoms with van der Waals surface area (Å²) in [6.45, 7) is 1.78. The molecule has 0 atom stereocenters. The van der Waals surface area contributed by atoms with Gasteiger partial charge in [-0.25, -0.2) is 9.97 Å². The normalized spacial score (nSPS) is 11.7. The zero-order valence-electron chi connectivity index (χ0n) is 12.1. The zero-order valence-corrected chi connectivity index (χ0v) is 14.5. The first kappa shape index (κ1) is 16.8. The molecule has 3 aromatic rings. The van der Waals surface area contributed by atoms with Crippen LogP contribution >= 0.6 is 27.3 Å². The highest BCUT2D eigenvalue weighted by Crippen LogP contribution is 2.32. The standard InChI is InChI=1S/C15H9BrF3N3OS/c1-7-12(24-14(16)20-7)13-21-10(6-11(23)22-13)8-2-4-9(5-3-8)15(17,18)19/h2-6H,1H3,(H,21,22,23). The summed E-state index contributed by atoms with van der Waals surface area (Å²) in [4.78, 5) is 23.8. The second-order valence-corrected chi connectivity index (χ2v) is 7.21. The molecule has 2 heterocycles. The highest BCUT2D eigenvalue weighted by molar-refractivity contribution is 9.11. The van der Waals surface area contributed by atoms with Crippen LogP contribution in [0.2, 0.25) is 0 Å². The van der Waals surface area contributed by atoms with Gasteiger partial charge in [0.1, 0.15) is 0 Å². The van der Waals surface area contributed by atoms with Crippen LogP contribution in [0.4, 0.5) is 13.2 Å². The van der Waals surface area contributed by atoms with E-state index in [4.69, 9.17) is 0 Å². The number of nitrogens with one attached hydrogen (secondary N) is 1. The summed E-state index contributed by atoms with van der Waals surface area (Å²) in [5.74, 6) is 0.332. The molecule has 0 unspecified atom stereocenters. The number of nitrogens with zero attached hydrogens (tertiary/aromatic N) is 2. The Morgan fingerprint density at radius 2 is 1.83 bits per heavy atom. The van der Waals surface area contributed by atoms with E-state index in [0.717, 1.165) is 12.1 Å². The molecule has 9 heteroatoms. The van der Waals surface area contributed by atoms with Crippen LogP contribution in [-0.2, 0) is 6.18 Å². The maximum absolute atomic E-state index is 12.6. The van der Waals surface area contributed by atoms with Gasteiger partial charge in [0.2, 0.25) is 0 Å². The fraction of sp³-hybridized carbons (Fsp3) is 0.133. The summed E-state index contributed by atoms with van der Waals surface area (Å²) in [7, 11) is 0. The van der Waals surface area contributed by atoms with Crippen LogP contribution in [0.3, 0.4) is 0 Å². The van der Waals surface area contributed by atoms with Gasteiger partial charge < -0.3 is 4.98 Å². The fourth-order valence-electron chi connectivity index (χ4n) is 2.13. The van der Waals surface area contributed by atoms with E-state index in [-0.39, 0.29) is 5.56 Å². The van der Waals surface area contributed by atoms with Crippen LogP contribution in [0.25, 0.3) is 22.0 Å². The van der Waals surface area contributed by atoms with Gasteiger partial charge in [0.25, 0.3) is 5.56 Å². The number of hydrogen-bond acceptors (Lipinski definition) is 4. The third-order valence-electron chi connectivity index (χ3n) is 3.24. The second-order valence-electron chi connectivity index (χ2n) is 4.94. The van der Waals surface area contributed by atoms with Gasteiger partial charge in [-0.05, 0) is 35.0 Å². The average Bonchev–Trinajstić information content (AvgIpc) is 2.84. The van der Waals surface area contributed by atoms with Gasteiger partial charge in [0.05, 0.1) is 21.8 Å². The summed E-state index contributed by atoms with van der Waals surface area (Å²) in [5.41, 5.74) is 0.278. The van der Waals surface area contributed by atoms with E-state index in [1.807, 2.05) is 0 Å². The van der Waals surface area contributed by atoms with Crippen molar-refractivity contribution >= 4 is 27.3 Å². The lowest BCUT2D eigenvalue weighted by molar-refractivity contribution is -0.137. The minimum Gasteiger partial charge on any atom is -0.306 e. The van der Waals surface area contributed by atoms with Gasteiger partial charge in [-0.2, -0.15) is 13.2 Å². The lowest BCUT2D eigenvalue weighted by Crippen LogP contribution is -2.09. The topological polar surface area (TPSA) is 58.6 Å². The summed E-state index contributed by atoms with van der Waals surface area (Å²) < 4.78 is 38.6. The molecule has 24 heavy (non-hydrogen) atoms. The molecule has 3 rings (SSSR count). The molecule has 0 spiro atoms. The van der Waals surface area contributed by atoms with Gasteiger partial charge in [-0.3, -0.25) is 4.79 Å². The predicted octanol–water partition coefficient (Wildman–Crippen LogP) is 4.65. The van der Waals surface area contributed by atoms with Crippen LogP contribution in [-0.4, -0.2) is 15.0 Å². The third-order valence-corrected chi connectivity index (χ3v) is 4.85. The van der Waals surface area contributed by atoms with Crippen molar-refractivity contribution in [3.05, 3.63) is 55.9 Å². The van der Waals surface area contributed by atoms with Gasteiger partial charge >= 0.3 is 6.18 Å². The number of aromatic nitrogens is 3. The number of halogens is 4. The van der Waals surface area contributed by atoms with E-state index in [0.29, 0.717) is 31.6 Å². The molecule has 0 aliphatic rings. The largest absolute Gasteiger partial charge is 0.416 e. The number of thiazole rings is 1. The predicted molar refractivity (Wildman–Crippen MR) is 88.8 cm³/mol. The Morgan fingerprint density at radius 1 is 1.17 bits per heavy atom. The number of hydrogen-bond donors (Lipinski definition) is 1. The Kier molecular flexibility index (Phi) is 4.31. The van der Waals surface area contributed by atoms with E-state index >= 15 is 0 Å². The van der Waals surface area contributed by atoms with Crippen molar-refractivity contribution in [2.75, 3.05) is 0 Å². The van der Waals surface area contributed by atoms with Crippen molar-refractivity contribution in [3.63, 3.8) is 0 Å². The summed E-state index contributed by atoms with van der Waals surface area (Å²) >= 11 is 4.58. The minimum atomic E-state index is -4.41. The molecular formula is C15H9BrF3N3OS.